The van der Waals surface area contributed by atoms with Crippen LogP contribution in [0.5, 0.6) is 0 Å². The van der Waals surface area contributed by atoms with Gasteiger partial charge < -0.3 is 5.32 Å². The molecule has 0 saturated carbocycles. The summed E-state index contributed by atoms with van der Waals surface area (Å²) in [6.45, 7) is 1.87. The van der Waals surface area contributed by atoms with E-state index in [4.69, 9.17) is 0 Å². The number of hydrogen-bond donors (Lipinski definition) is 1. The molecule has 0 amide bonds. The van der Waals surface area contributed by atoms with Gasteiger partial charge >= 0.3 is 6.18 Å². The molecule has 7 heteroatoms. The summed E-state index contributed by atoms with van der Waals surface area (Å²) in [5.41, 5.74) is 0.248. The summed E-state index contributed by atoms with van der Waals surface area (Å²) >= 11 is 2.15. The quantitative estimate of drug-likeness (QED) is 0.801. The van der Waals surface area contributed by atoms with Gasteiger partial charge in [-0.05, 0) is 47.7 Å². The van der Waals surface area contributed by atoms with Gasteiger partial charge in [-0.3, -0.25) is 4.98 Å². The number of pyridine rings is 2. The molecule has 2 heterocycles. The van der Waals surface area contributed by atoms with E-state index in [-0.39, 0.29) is 12.1 Å². The zero-order valence-corrected chi connectivity index (χ0v) is 12.7. The Morgan fingerprint density at radius 1 is 1.25 bits per heavy atom. The van der Waals surface area contributed by atoms with Crippen molar-refractivity contribution in [3.05, 3.63) is 51.0 Å². The van der Waals surface area contributed by atoms with E-state index in [0.717, 1.165) is 21.5 Å². The minimum atomic E-state index is -4.38. The molecule has 2 aromatic heterocycles. The van der Waals surface area contributed by atoms with Crippen molar-refractivity contribution < 1.29 is 13.2 Å². The number of rotatable bonds is 3. The average Bonchev–Trinajstić information content (AvgIpc) is 2.39. The van der Waals surface area contributed by atoms with Crippen molar-refractivity contribution >= 4 is 28.4 Å². The molecule has 1 N–H and O–H groups in total. The molecular formula is C13H11F3IN3. The first kappa shape index (κ1) is 15.0. The van der Waals surface area contributed by atoms with Crippen LogP contribution >= 0.6 is 22.6 Å². The lowest BCUT2D eigenvalue weighted by Gasteiger charge is -2.13. The predicted octanol–water partition coefficient (Wildman–Crippen LogP) is 4.02. The number of aryl methyl sites for hydroxylation is 1. The number of hydrogen-bond acceptors (Lipinski definition) is 3. The normalized spacial score (nSPS) is 11.4. The van der Waals surface area contributed by atoms with Gasteiger partial charge in [0.2, 0.25) is 0 Å². The molecule has 0 spiro atoms. The van der Waals surface area contributed by atoms with E-state index >= 15 is 0 Å². The molecule has 0 fully saturated rings. The first-order valence-electron chi connectivity index (χ1n) is 5.75. The minimum absolute atomic E-state index is 0.0235. The van der Waals surface area contributed by atoms with E-state index in [2.05, 4.69) is 37.9 Å². The Balaban J connectivity index is 2.17. The van der Waals surface area contributed by atoms with Crippen LogP contribution in [0.4, 0.5) is 19.0 Å². The number of alkyl halides is 3. The van der Waals surface area contributed by atoms with E-state index in [9.17, 15) is 13.2 Å². The average molecular weight is 393 g/mol. The Bertz CT molecular complexity index is 614. The fourth-order valence-electron chi connectivity index (χ4n) is 1.67. The van der Waals surface area contributed by atoms with Crippen molar-refractivity contribution in [2.24, 2.45) is 0 Å². The molecule has 0 aliphatic carbocycles. The fourth-order valence-corrected chi connectivity index (χ4v) is 1.97. The Labute approximate surface area is 127 Å². The standard InChI is InChI=1S/C13H11F3IN3/c1-8-11(17)2-3-12(20-8)19-7-9-6-18-5-4-10(9)13(14,15)16/h2-6H,7H2,1H3,(H,19,20). The van der Waals surface area contributed by atoms with Crippen LogP contribution in [0.2, 0.25) is 0 Å². The Morgan fingerprint density at radius 2 is 2.00 bits per heavy atom. The van der Waals surface area contributed by atoms with E-state index in [1.165, 1.54) is 6.20 Å². The fraction of sp³-hybridized carbons (Fsp3) is 0.231. The largest absolute Gasteiger partial charge is 0.416 e. The zero-order chi connectivity index (χ0) is 14.8. The van der Waals surface area contributed by atoms with Gasteiger partial charge in [0.25, 0.3) is 0 Å². The van der Waals surface area contributed by atoms with Crippen molar-refractivity contribution in [2.45, 2.75) is 19.6 Å². The van der Waals surface area contributed by atoms with Gasteiger partial charge in [-0.25, -0.2) is 4.98 Å². The van der Waals surface area contributed by atoms with E-state index in [1.807, 2.05) is 13.0 Å². The zero-order valence-electron chi connectivity index (χ0n) is 10.5. The van der Waals surface area contributed by atoms with Crippen LogP contribution in [0.25, 0.3) is 0 Å². The number of halogens is 4. The van der Waals surface area contributed by atoms with Crippen LogP contribution in [0.15, 0.2) is 30.6 Å². The number of anilines is 1. The molecule has 0 aliphatic rings. The second-order valence-corrected chi connectivity index (χ2v) is 5.31. The highest BCUT2D eigenvalue weighted by Gasteiger charge is 2.33. The van der Waals surface area contributed by atoms with Gasteiger partial charge in [-0.15, -0.1) is 0 Å². The van der Waals surface area contributed by atoms with Crippen molar-refractivity contribution in [3.63, 3.8) is 0 Å². The van der Waals surface area contributed by atoms with E-state index in [1.54, 1.807) is 6.07 Å². The Morgan fingerprint density at radius 3 is 2.65 bits per heavy atom. The topological polar surface area (TPSA) is 37.8 Å². The summed E-state index contributed by atoms with van der Waals surface area (Å²) in [6.07, 6.45) is -2.02. The number of aromatic nitrogens is 2. The van der Waals surface area contributed by atoms with Crippen LogP contribution in [0, 0.1) is 10.5 Å². The summed E-state index contributed by atoms with van der Waals surface area (Å²) < 4.78 is 39.5. The van der Waals surface area contributed by atoms with Crippen LogP contribution < -0.4 is 5.32 Å². The second-order valence-electron chi connectivity index (χ2n) is 4.15. The summed E-state index contributed by atoms with van der Waals surface area (Å²) in [5, 5.41) is 2.89. The minimum Gasteiger partial charge on any atom is -0.366 e. The molecule has 0 radical (unpaired) electrons. The Hall–Kier alpha value is -1.38. The van der Waals surface area contributed by atoms with Gasteiger partial charge in [0.1, 0.15) is 5.82 Å². The predicted molar refractivity (Wildman–Crippen MR) is 78.3 cm³/mol. The first-order chi connectivity index (χ1) is 9.38. The maximum absolute atomic E-state index is 12.8. The Kier molecular flexibility index (Phi) is 4.46. The van der Waals surface area contributed by atoms with Crippen molar-refractivity contribution in [1.82, 2.24) is 9.97 Å². The van der Waals surface area contributed by atoms with E-state index in [0.29, 0.717) is 5.82 Å². The lowest BCUT2D eigenvalue weighted by Crippen LogP contribution is -2.12. The number of nitrogens with one attached hydrogen (secondary N) is 1. The second kappa shape index (κ2) is 5.94. The smallest absolute Gasteiger partial charge is 0.366 e. The third kappa shape index (κ3) is 3.59. The molecule has 0 unspecified atom stereocenters. The van der Waals surface area contributed by atoms with Gasteiger partial charge in [0.05, 0.1) is 11.3 Å². The van der Waals surface area contributed by atoms with Crippen LogP contribution in [0.3, 0.4) is 0 Å². The lowest BCUT2D eigenvalue weighted by atomic mass is 10.1. The lowest BCUT2D eigenvalue weighted by molar-refractivity contribution is -0.138. The highest BCUT2D eigenvalue weighted by molar-refractivity contribution is 14.1. The van der Waals surface area contributed by atoms with Gasteiger partial charge in [-0.2, -0.15) is 13.2 Å². The molecule has 0 saturated heterocycles. The van der Waals surface area contributed by atoms with Crippen LogP contribution in [-0.2, 0) is 12.7 Å². The summed E-state index contributed by atoms with van der Waals surface area (Å²) in [5.74, 6) is 0.542. The van der Waals surface area contributed by atoms with Crippen molar-refractivity contribution in [2.75, 3.05) is 5.32 Å². The molecule has 3 nitrogen and oxygen atoms in total. The molecule has 0 aromatic carbocycles. The van der Waals surface area contributed by atoms with Gasteiger partial charge in [-0.1, -0.05) is 0 Å². The molecule has 20 heavy (non-hydrogen) atoms. The first-order valence-corrected chi connectivity index (χ1v) is 6.83. The molecule has 106 valence electrons. The SMILES string of the molecule is Cc1nc(NCc2cnccc2C(F)(F)F)ccc1I. The summed E-state index contributed by atoms with van der Waals surface area (Å²) in [7, 11) is 0. The molecule has 2 rings (SSSR count). The molecule has 0 bridgehead atoms. The van der Waals surface area contributed by atoms with Crippen LogP contribution in [-0.4, -0.2) is 9.97 Å². The highest BCUT2D eigenvalue weighted by Crippen LogP contribution is 2.31. The molecular weight excluding hydrogens is 382 g/mol. The third-order valence-corrected chi connectivity index (χ3v) is 3.83. The molecule has 0 atom stereocenters. The van der Waals surface area contributed by atoms with Crippen LogP contribution in [0.1, 0.15) is 16.8 Å². The summed E-state index contributed by atoms with van der Waals surface area (Å²) in [4.78, 5) is 8.00. The van der Waals surface area contributed by atoms with E-state index < -0.39 is 11.7 Å². The molecule has 0 aliphatic heterocycles. The number of nitrogens with zero attached hydrogens (tertiary/aromatic N) is 2. The maximum Gasteiger partial charge on any atom is 0.416 e. The highest BCUT2D eigenvalue weighted by atomic mass is 127. The van der Waals surface area contributed by atoms with Gasteiger partial charge in [0, 0.05) is 28.1 Å². The monoisotopic (exact) mass is 393 g/mol. The van der Waals surface area contributed by atoms with Crippen molar-refractivity contribution in [1.29, 1.82) is 0 Å². The van der Waals surface area contributed by atoms with Crippen molar-refractivity contribution in [3.8, 4) is 0 Å². The third-order valence-electron chi connectivity index (χ3n) is 2.69. The summed E-state index contributed by atoms with van der Waals surface area (Å²) in [6, 6.07) is 4.57. The molecule has 2 aromatic rings. The maximum atomic E-state index is 12.8. The van der Waals surface area contributed by atoms with Gasteiger partial charge in [0.15, 0.2) is 0 Å².